The Morgan fingerprint density at radius 2 is 2.18 bits per heavy atom. The summed E-state index contributed by atoms with van der Waals surface area (Å²) in [6.45, 7) is 0. The van der Waals surface area contributed by atoms with Gasteiger partial charge < -0.3 is 4.74 Å². The third-order valence-corrected chi connectivity index (χ3v) is 3.16. The minimum Gasteiger partial charge on any atom is -0.456 e. The second-order valence-electron chi connectivity index (χ2n) is 4.25. The summed E-state index contributed by atoms with van der Waals surface area (Å²) in [6, 6.07) is 4.74. The summed E-state index contributed by atoms with van der Waals surface area (Å²) in [5.74, 6) is 0.835. The number of benzene rings is 1. The fourth-order valence-electron chi connectivity index (χ4n) is 2.31. The van der Waals surface area contributed by atoms with Gasteiger partial charge in [0, 0.05) is 5.57 Å². The van der Waals surface area contributed by atoms with Crippen LogP contribution in [0, 0.1) is 5.82 Å². The smallest absolute Gasteiger partial charge is 0.149 e. The van der Waals surface area contributed by atoms with E-state index in [2.05, 4.69) is 0 Å². The summed E-state index contributed by atoms with van der Waals surface area (Å²) in [5, 5.41) is 0. The first-order valence-electron chi connectivity index (χ1n) is 5.65. The molecular formula is C14H11FO2. The van der Waals surface area contributed by atoms with Gasteiger partial charge >= 0.3 is 0 Å². The maximum absolute atomic E-state index is 13.6. The van der Waals surface area contributed by atoms with Crippen molar-refractivity contribution in [3.8, 4) is 5.75 Å². The molecule has 1 aromatic carbocycles. The molecule has 3 heteroatoms. The molecule has 0 aromatic heterocycles. The van der Waals surface area contributed by atoms with Gasteiger partial charge in [-0.2, -0.15) is 0 Å². The average molecular weight is 230 g/mol. The molecule has 0 radical (unpaired) electrons. The molecule has 0 unspecified atom stereocenters. The molecule has 3 rings (SSSR count). The van der Waals surface area contributed by atoms with Crippen LogP contribution in [0.1, 0.15) is 24.8 Å². The number of rotatable bonds is 1. The topological polar surface area (TPSA) is 26.3 Å². The minimum absolute atomic E-state index is 0.285. The molecule has 86 valence electrons. The first kappa shape index (κ1) is 10.3. The van der Waals surface area contributed by atoms with Crippen LogP contribution >= 0.6 is 0 Å². The monoisotopic (exact) mass is 230 g/mol. The largest absolute Gasteiger partial charge is 0.456 e. The first-order valence-corrected chi connectivity index (χ1v) is 5.65. The Morgan fingerprint density at radius 1 is 1.29 bits per heavy atom. The number of carbonyl (C=O) groups excluding carboxylic acids is 1. The van der Waals surface area contributed by atoms with E-state index < -0.39 is 0 Å². The van der Waals surface area contributed by atoms with Gasteiger partial charge in [0.05, 0.1) is 5.56 Å². The molecule has 0 fully saturated rings. The molecule has 0 bridgehead atoms. The van der Waals surface area contributed by atoms with Gasteiger partial charge in [-0.1, -0.05) is 6.07 Å². The van der Waals surface area contributed by atoms with Crippen LogP contribution in [0.4, 0.5) is 4.39 Å². The highest BCUT2D eigenvalue weighted by Crippen LogP contribution is 2.39. The number of allylic oxidation sites excluding steroid dienone is 2. The van der Waals surface area contributed by atoms with Crippen LogP contribution in [0.3, 0.4) is 0 Å². The Hall–Kier alpha value is -1.90. The second-order valence-corrected chi connectivity index (χ2v) is 4.25. The molecule has 0 spiro atoms. The van der Waals surface area contributed by atoms with Crippen LogP contribution in [-0.2, 0) is 4.79 Å². The van der Waals surface area contributed by atoms with Crippen LogP contribution in [0.25, 0.3) is 6.08 Å². The van der Waals surface area contributed by atoms with Crippen LogP contribution in [0.5, 0.6) is 5.75 Å². The number of hydrogen-bond acceptors (Lipinski definition) is 2. The maximum atomic E-state index is 13.6. The van der Waals surface area contributed by atoms with Crippen molar-refractivity contribution in [3.63, 3.8) is 0 Å². The zero-order valence-electron chi connectivity index (χ0n) is 9.20. The van der Waals surface area contributed by atoms with Crippen LogP contribution < -0.4 is 4.74 Å². The van der Waals surface area contributed by atoms with Gasteiger partial charge in [0.1, 0.15) is 23.6 Å². The lowest BCUT2D eigenvalue weighted by Gasteiger charge is -2.25. The zero-order chi connectivity index (χ0) is 11.8. The van der Waals surface area contributed by atoms with Gasteiger partial charge in [-0.05, 0) is 43.0 Å². The molecule has 1 aliphatic carbocycles. The van der Waals surface area contributed by atoms with Crippen LogP contribution in [0.15, 0.2) is 35.1 Å². The van der Waals surface area contributed by atoms with E-state index in [4.69, 9.17) is 4.74 Å². The highest BCUT2D eigenvalue weighted by molar-refractivity contribution is 5.79. The Kier molecular flexibility index (Phi) is 2.32. The van der Waals surface area contributed by atoms with Crippen LogP contribution in [-0.4, -0.2) is 6.29 Å². The molecule has 0 amide bonds. The number of fused-ring (bicyclic) bond motifs is 2. The van der Waals surface area contributed by atoms with Crippen molar-refractivity contribution < 1.29 is 13.9 Å². The van der Waals surface area contributed by atoms with Crippen molar-refractivity contribution in [1.29, 1.82) is 0 Å². The summed E-state index contributed by atoms with van der Waals surface area (Å²) >= 11 is 0. The summed E-state index contributed by atoms with van der Waals surface area (Å²) in [7, 11) is 0. The SMILES string of the molecule is O=CC1=C2Oc3cccc(F)c3C=C2CCC1. The highest BCUT2D eigenvalue weighted by atomic mass is 19.1. The van der Waals surface area contributed by atoms with Gasteiger partial charge in [-0.25, -0.2) is 4.39 Å². The van der Waals surface area contributed by atoms with E-state index in [0.29, 0.717) is 22.6 Å². The quantitative estimate of drug-likeness (QED) is 0.692. The predicted octanol–water partition coefficient (Wildman–Crippen LogP) is 3.24. The lowest BCUT2D eigenvalue weighted by molar-refractivity contribution is -0.105. The van der Waals surface area contributed by atoms with E-state index in [1.807, 2.05) is 0 Å². The van der Waals surface area contributed by atoms with Crippen molar-refractivity contribution in [2.75, 3.05) is 0 Å². The normalized spacial score (nSPS) is 17.8. The standard InChI is InChI=1S/C14H11FO2/c15-12-5-2-6-13-11(12)7-9-3-1-4-10(8-16)14(9)17-13/h2,5-8H,1,3-4H2. The molecule has 2 aliphatic rings. The molecule has 0 saturated carbocycles. The molecule has 2 nitrogen and oxygen atoms in total. The predicted molar refractivity (Wildman–Crippen MR) is 61.9 cm³/mol. The van der Waals surface area contributed by atoms with E-state index in [0.717, 1.165) is 31.1 Å². The summed E-state index contributed by atoms with van der Waals surface area (Å²) in [5.41, 5.74) is 2.09. The Labute approximate surface area is 98.4 Å². The van der Waals surface area contributed by atoms with Crippen LogP contribution in [0.2, 0.25) is 0 Å². The van der Waals surface area contributed by atoms with Gasteiger partial charge in [0.15, 0.2) is 0 Å². The van der Waals surface area contributed by atoms with E-state index in [-0.39, 0.29) is 5.82 Å². The average Bonchev–Trinajstić information content (AvgIpc) is 2.36. The summed E-state index contributed by atoms with van der Waals surface area (Å²) < 4.78 is 19.3. The molecule has 1 heterocycles. The Morgan fingerprint density at radius 3 is 3.00 bits per heavy atom. The Balaban J connectivity index is 2.19. The van der Waals surface area contributed by atoms with Crippen molar-refractivity contribution >= 4 is 12.4 Å². The molecule has 0 atom stereocenters. The first-order chi connectivity index (χ1) is 8.29. The lowest BCUT2D eigenvalue weighted by atomic mass is 9.90. The van der Waals surface area contributed by atoms with E-state index >= 15 is 0 Å². The molecular weight excluding hydrogens is 219 g/mol. The number of halogens is 1. The third-order valence-electron chi connectivity index (χ3n) is 3.16. The molecule has 1 aromatic rings. The highest BCUT2D eigenvalue weighted by Gasteiger charge is 2.25. The molecule has 0 N–H and O–H groups in total. The van der Waals surface area contributed by atoms with E-state index in [1.54, 1.807) is 18.2 Å². The Bertz CT molecular complexity index is 555. The lowest BCUT2D eigenvalue weighted by Crippen LogP contribution is -2.14. The number of ether oxygens (including phenoxy) is 1. The fourth-order valence-corrected chi connectivity index (χ4v) is 2.31. The molecule has 0 saturated heterocycles. The fraction of sp³-hybridized carbons (Fsp3) is 0.214. The van der Waals surface area contributed by atoms with Gasteiger partial charge in [-0.3, -0.25) is 4.79 Å². The van der Waals surface area contributed by atoms with Crippen molar-refractivity contribution in [2.24, 2.45) is 0 Å². The number of hydrogen-bond donors (Lipinski definition) is 0. The van der Waals surface area contributed by atoms with Gasteiger partial charge in [0.25, 0.3) is 0 Å². The summed E-state index contributed by atoms with van der Waals surface area (Å²) in [6.07, 6.45) is 5.12. The second kappa shape index (κ2) is 3.84. The number of carbonyl (C=O) groups is 1. The molecule has 17 heavy (non-hydrogen) atoms. The minimum atomic E-state index is -0.285. The van der Waals surface area contributed by atoms with Crippen molar-refractivity contribution in [3.05, 3.63) is 46.5 Å². The van der Waals surface area contributed by atoms with Gasteiger partial charge in [-0.15, -0.1) is 0 Å². The maximum Gasteiger partial charge on any atom is 0.149 e. The zero-order valence-corrected chi connectivity index (χ0v) is 9.20. The van der Waals surface area contributed by atoms with Gasteiger partial charge in [0.2, 0.25) is 0 Å². The van der Waals surface area contributed by atoms with Crippen molar-refractivity contribution in [2.45, 2.75) is 19.3 Å². The number of aldehydes is 1. The molecule has 1 aliphatic heterocycles. The third kappa shape index (κ3) is 1.58. The van der Waals surface area contributed by atoms with Crippen molar-refractivity contribution in [1.82, 2.24) is 0 Å². The summed E-state index contributed by atoms with van der Waals surface area (Å²) in [4.78, 5) is 11.0. The van der Waals surface area contributed by atoms with E-state index in [1.165, 1.54) is 6.07 Å². The van der Waals surface area contributed by atoms with E-state index in [9.17, 15) is 9.18 Å².